The lowest BCUT2D eigenvalue weighted by Crippen LogP contribution is -2.27. The van der Waals surface area contributed by atoms with Crippen LogP contribution in [0.3, 0.4) is 0 Å². The number of carbonyl (C=O) groups excluding carboxylic acids is 2. The molecule has 7 nitrogen and oxygen atoms in total. The third-order valence-corrected chi connectivity index (χ3v) is 4.09. The predicted octanol–water partition coefficient (Wildman–Crippen LogP) is 2.62. The molecule has 0 bridgehead atoms. The summed E-state index contributed by atoms with van der Waals surface area (Å²) in [6.45, 7) is 3.88. The van der Waals surface area contributed by atoms with Crippen molar-refractivity contribution in [1.82, 2.24) is 10.8 Å². The van der Waals surface area contributed by atoms with Crippen LogP contribution in [0.15, 0.2) is 24.3 Å². The standard InChI is InChI=1S/C20H23F2N3O4/c1-11-4-5-17(16(21)8-11)24-19-12(2)18(22)14(10-23-13(3)27)9-15(19)20(28)25-29-7-6-26/h4-5,8-9,24,26H,6-7,10H2,1-3H3,(H,23,27)(H,25,28). The minimum Gasteiger partial charge on any atom is -0.394 e. The van der Waals surface area contributed by atoms with Gasteiger partial charge in [-0.2, -0.15) is 0 Å². The highest BCUT2D eigenvalue weighted by atomic mass is 19.1. The lowest BCUT2D eigenvalue weighted by Gasteiger charge is -2.18. The summed E-state index contributed by atoms with van der Waals surface area (Å²) in [6, 6.07) is 5.72. The second kappa shape index (κ2) is 9.94. The molecule has 4 N–H and O–H groups in total. The molecule has 0 saturated heterocycles. The molecule has 0 fully saturated rings. The molecule has 2 aromatic rings. The number of amides is 2. The van der Waals surface area contributed by atoms with Gasteiger partial charge in [-0.3, -0.25) is 14.4 Å². The van der Waals surface area contributed by atoms with Gasteiger partial charge < -0.3 is 15.7 Å². The highest BCUT2D eigenvalue weighted by Crippen LogP contribution is 2.31. The second-order valence-electron chi connectivity index (χ2n) is 6.42. The van der Waals surface area contributed by atoms with E-state index >= 15 is 0 Å². The third-order valence-electron chi connectivity index (χ3n) is 4.09. The Kier molecular flexibility index (Phi) is 7.63. The van der Waals surface area contributed by atoms with E-state index < -0.39 is 17.5 Å². The minimum absolute atomic E-state index is 0.0119. The number of aryl methyl sites for hydroxylation is 1. The van der Waals surface area contributed by atoms with Gasteiger partial charge in [-0.1, -0.05) is 6.07 Å². The summed E-state index contributed by atoms with van der Waals surface area (Å²) in [5.41, 5.74) is 3.12. The van der Waals surface area contributed by atoms with Crippen molar-refractivity contribution >= 4 is 23.2 Å². The van der Waals surface area contributed by atoms with Gasteiger partial charge in [0, 0.05) is 24.6 Å². The fourth-order valence-electron chi connectivity index (χ4n) is 2.62. The molecule has 2 rings (SSSR count). The molecule has 0 unspecified atom stereocenters. The Bertz CT molecular complexity index is 919. The van der Waals surface area contributed by atoms with E-state index in [0.29, 0.717) is 5.56 Å². The van der Waals surface area contributed by atoms with E-state index in [-0.39, 0.29) is 53.7 Å². The van der Waals surface area contributed by atoms with Gasteiger partial charge in [0.1, 0.15) is 11.6 Å². The topological polar surface area (TPSA) is 99.7 Å². The predicted molar refractivity (Wildman–Crippen MR) is 104 cm³/mol. The third kappa shape index (κ3) is 5.72. The molecule has 9 heteroatoms. The number of halogens is 2. The average Bonchev–Trinajstić information content (AvgIpc) is 2.66. The van der Waals surface area contributed by atoms with Crippen molar-refractivity contribution in [3.8, 4) is 0 Å². The first-order valence-corrected chi connectivity index (χ1v) is 8.87. The summed E-state index contributed by atoms with van der Waals surface area (Å²) in [5, 5.41) is 14.0. The number of carbonyl (C=O) groups is 2. The highest BCUT2D eigenvalue weighted by Gasteiger charge is 2.21. The quantitative estimate of drug-likeness (QED) is 0.398. The molecule has 2 amide bonds. The van der Waals surface area contributed by atoms with Crippen molar-refractivity contribution < 1.29 is 28.3 Å². The fraction of sp³-hybridized carbons (Fsp3) is 0.300. The Morgan fingerprint density at radius 2 is 1.90 bits per heavy atom. The monoisotopic (exact) mass is 407 g/mol. The molecule has 29 heavy (non-hydrogen) atoms. The summed E-state index contributed by atoms with van der Waals surface area (Å²) < 4.78 is 29.1. The van der Waals surface area contributed by atoms with E-state index in [0.717, 1.165) is 0 Å². The molecule has 2 aromatic carbocycles. The van der Waals surface area contributed by atoms with E-state index in [1.165, 1.54) is 32.0 Å². The molecule has 0 aromatic heterocycles. The first-order chi connectivity index (χ1) is 13.7. The number of aliphatic hydroxyl groups is 1. The zero-order chi connectivity index (χ0) is 21.6. The fourth-order valence-corrected chi connectivity index (χ4v) is 2.62. The number of hydroxylamine groups is 1. The maximum absolute atomic E-state index is 14.8. The molecular weight excluding hydrogens is 384 g/mol. The van der Waals surface area contributed by atoms with Crippen LogP contribution in [0.2, 0.25) is 0 Å². The zero-order valence-corrected chi connectivity index (χ0v) is 16.4. The normalized spacial score (nSPS) is 10.6. The van der Waals surface area contributed by atoms with Gasteiger partial charge in [0.2, 0.25) is 5.91 Å². The van der Waals surface area contributed by atoms with Gasteiger partial charge in [0.15, 0.2) is 0 Å². The Morgan fingerprint density at radius 3 is 2.52 bits per heavy atom. The number of benzene rings is 2. The number of nitrogens with one attached hydrogen (secondary N) is 3. The number of rotatable bonds is 8. The van der Waals surface area contributed by atoms with Crippen LogP contribution in [0.25, 0.3) is 0 Å². The minimum atomic E-state index is -0.722. The summed E-state index contributed by atoms with van der Waals surface area (Å²) in [4.78, 5) is 28.6. The Morgan fingerprint density at radius 1 is 1.17 bits per heavy atom. The number of aliphatic hydroxyl groups excluding tert-OH is 1. The van der Waals surface area contributed by atoms with Gasteiger partial charge in [-0.25, -0.2) is 14.3 Å². The first-order valence-electron chi connectivity index (χ1n) is 8.87. The summed E-state index contributed by atoms with van der Waals surface area (Å²) in [5.74, 6) is -2.28. The van der Waals surface area contributed by atoms with E-state index in [9.17, 15) is 18.4 Å². The molecule has 0 aliphatic heterocycles. The average molecular weight is 407 g/mol. The SMILES string of the molecule is CC(=O)NCc1cc(C(=O)NOCCO)c(Nc2ccc(C)cc2F)c(C)c1F. The van der Waals surface area contributed by atoms with Crippen LogP contribution in [-0.4, -0.2) is 30.1 Å². The van der Waals surface area contributed by atoms with Gasteiger partial charge in [-0.15, -0.1) is 0 Å². The van der Waals surface area contributed by atoms with Crippen LogP contribution in [0, 0.1) is 25.5 Å². The zero-order valence-electron chi connectivity index (χ0n) is 16.4. The van der Waals surface area contributed by atoms with Crippen molar-refractivity contribution in [1.29, 1.82) is 0 Å². The summed E-state index contributed by atoms with van der Waals surface area (Å²) >= 11 is 0. The number of anilines is 2. The summed E-state index contributed by atoms with van der Waals surface area (Å²) in [7, 11) is 0. The van der Waals surface area contributed by atoms with Gasteiger partial charge in [0.05, 0.1) is 30.2 Å². The first kappa shape index (κ1) is 22.3. The van der Waals surface area contributed by atoms with E-state index in [4.69, 9.17) is 9.94 Å². The van der Waals surface area contributed by atoms with E-state index in [1.807, 2.05) is 0 Å². The van der Waals surface area contributed by atoms with Crippen LogP contribution in [0.5, 0.6) is 0 Å². The smallest absolute Gasteiger partial charge is 0.276 e. The summed E-state index contributed by atoms with van der Waals surface area (Å²) in [6.07, 6.45) is 0. The lowest BCUT2D eigenvalue weighted by molar-refractivity contribution is -0.119. The van der Waals surface area contributed by atoms with Crippen molar-refractivity contribution in [2.45, 2.75) is 27.3 Å². The molecule has 0 radical (unpaired) electrons. The molecule has 0 saturated carbocycles. The van der Waals surface area contributed by atoms with Crippen LogP contribution in [0.1, 0.15) is 34.0 Å². The number of hydrogen-bond donors (Lipinski definition) is 4. The highest BCUT2D eigenvalue weighted by molar-refractivity contribution is 6.01. The largest absolute Gasteiger partial charge is 0.394 e. The van der Waals surface area contributed by atoms with Crippen molar-refractivity contribution in [3.05, 3.63) is 58.2 Å². The van der Waals surface area contributed by atoms with Gasteiger partial charge in [-0.05, 0) is 37.6 Å². The maximum atomic E-state index is 14.8. The molecular formula is C20H23F2N3O4. The molecule has 0 aliphatic rings. The molecule has 156 valence electrons. The van der Waals surface area contributed by atoms with Crippen molar-refractivity contribution in [2.75, 3.05) is 18.5 Å². The Hall–Kier alpha value is -3.04. The van der Waals surface area contributed by atoms with E-state index in [1.54, 1.807) is 13.0 Å². The van der Waals surface area contributed by atoms with Gasteiger partial charge >= 0.3 is 0 Å². The molecule has 0 spiro atoms. The Labute approximate surface area is 167 Å². The van der Waals surface area contributed by atoms with Crippen LogP contribution >= 0.6 is 0 Å². The van der Waals surface area contributed by atoms with Gasteiger partial charge in [0.25, 0.3) is 5.91 Å². The lowest BCUT2D eigenvalue weighted by atomic mass is 10.0. The van der Waals surface area contributed by atoms with Crippen molar-refractivity contribution in [2.24, 2.45) is 0 Å². The molecule has 0 atom stereocenters. The van der Waals surface area contributed by atoms with Crippen LogP contribution in [0.4, 0.5) is 20.2 Å². The molecule has 0 aliphatic carbocycles. The van der Waals surface area contributed by atoms with Crippen LogP contribution in [-0.2, 0) is 16.2 Å². The van der Waals surface area contributed by atoms with Crippen LogP contribution < -0.4 is 16.1 Å². The van der Waals surface area contributed by atoms with Crippen molar-refractivity contribution in [3.63, 3.8) is 0 Å². The Balaban J connectivity index is 2.49. The molecule has 0 heterocycles. The second-order valence-corrected chi connectivity index (χ2v) is 6.42. The van der Waals surface area contributed by atoms with E-state index in [2.05, 4.69) is 16.1 Å². The number of hydrogen-bond acceptors (Lipinski definition) is 5. The maximum Gasteiger partial charge on any atom is 0.276 e.